The number of phenols is 1. The molecule has 10 heteroatoms. The fraction of sp³-hybridized carbons (Fsp3) is 0.409. The van der Waals surface area contributed by atoms with E-state index in [1.54, 1.807) is 25.7 Å². The zero-order valence-corrected chi connectivity index (χ0v) is 20.7. The van der Waals surface area contributed by atoms with Crippen molar-refractivity contribution in [1.29, 1.82) is 0 Å². The highest BCUT2D eigenvalue weighted by Gasteiger charge is 2.29. The minimum absolute atomic E-state index is 0.0288. The zero-order valence-electron chi connectivity index (χ0n) is 18.4. The molecule has 0 heterocycles. The lowest BCUT2D eigenvalue weighted by Gasteiger charge is -2.20. The molecule has 0 aliphatic carbocycles. The number of halogens is 4. The topological polar surface area (TPSA) is 61.4 Å². The van der Waals surface area contributed by atoms with Gasteiger partial charge in [0.25, 0.3) is 5.91 Å². The van der Waals surface area contributed by atoms with E-state index in [9.17, 15) is 23.1 Å². The lowest BCUT2D eigenvalue weighted by molar-refractivity contribution is -0.0328. The van der Waals surface area contributed by atoms with Gasteiger partial charge in [-0.15, -0.1) is 11.8 Å². The Bertz CT molecular complexity index is 985. The summed E-state index contributed by atoms with van der Waals surface area (Å²) in [5.74, 6) is 0.540. The highest BCUT2D eigenvalue weighted by molar-refractivity contribution is 8.00. The minimum Gasteiger partial charge on any atom is -0.507 e. The molecule has 2 aromatic carbocycles. The molecule has 1 unspecified atom stereocenters. The molecule has 1 amide bonds. The highest BCUT2D eigenvalue weighted by Crippen LogP contribution is 2.40. The number of anilines is 1. The number of rotatable bonds is 8. The predicted molar refractivity (Wildman–Crippen MR) is 127 cm³/mol. The van der Waals surface area contributed by atoms with Gasteiger partial charge in [-0.05, 0) is 68.4 Å². The Morgan fingerprint density at radius 3 is 2.41 bits per heavy atom. The Morgan fingerprint density at radius 2 is 1.88 bits per heavy atom. The predicted octanol–water partition coefficient (Wildman–Crippen LogP) is 7.25. The Kier molecular flexibility index (Phi) is 9.22. The molecule has 0 fully saturated rings. The van der Waals surface area contributed by atoms with E-state index in [4.69, 9.17) is 11.6 Å². The van der Waals surface area contributed by atoms with E-state index in [1.807, 2.05) is 13.0 Å². The maximum Gasteiger partial charge on any atom is 0.446 e. The van der Waals surface area contributed by atoms with E-state index in [-0.39, 0.29) is 44.7 Å². The summed E-state index contributed by atoms with van der Waals surface area (Å²) in [7, 11) is 1.75. The summed E-state index contributed by atoms with van der Waals surface area (Å²) in [6.07, 6.45) is 0. The van der Waals surface area contributed by atoms with Gasteiger partial charge in [0.15, 0.2) is 0 Å². The molecule has 4 nitrogen and oxygen atoms in total. The largest absolute Gasteiger partial charge is 0.507 e. The van der Waals surface area contributed by atoms with Crippen LogP contribution in [0.15, 0.2) is 34.1 Å². The first-order valence-corrected chi connectivity index (χ1v) is 12.0. The third-order valence-electron chi connectivity index (χ3n) is 4.66. The van der Waals surface area contributed by atoms with Gasteiger partial charge >= 0.3 is 5.51 Å². The van der Waals surface area contributed by atoms with Crippen molar-refractivity contribution >= 4 is 46.7 Å². The lowest BCUT2D eigenvalue weighted by atomic mass is 9.98. The van der Waals surface area contributed by atoms with Gasteiger partial charge in [0.2, 0.25) is 0 Å². The molecule has 2 aromatic rings. The first-order valence-electron chi connectivity index (χ1n) is 9.87. The molecular formula is C22H26ClF3N2O2S2. The second-order valence-electron chi connectivity index (χ2n) is 7.67. The third-order valence-corrected chi connectivity index (χ3v) is 7.26. The summed E-state index contributed by atoms with van der Waals surface area (Å²) < 4.78 is 37.8. The van der Waals surface area contributed by atoms with Gasteiger partial charge in [-0.2, -0.15) is 13.2 Å². The van der Waals surface area contributed by atoms with Crippen molar-refractivity contribution in [2.75, 3.05) is 18.1 Å². The third kappa shape index (κ3) is 6.97. The van der Waals surface area contributed by atoms with Crippen LogP contribution in [0, 0.1) is 12.8 Å². The number of amides is 1. The van der Waals surface area contributed by atoms with Crippen LogP contribution in [0.3, 0.4) is 0 Å². The van der Waals surface area contributed by atoms with Crippen LogP contribution in [0.4, 0.5) is 18.9 Å². The van der Waals surface area contributed by atoms with E-state index in [0.717, 1.165) is 16.7 Å². The Morgan fingerprint density at radius 1 is 1.22 bits per heavy atom. The summed E-state index contributed by atoms with van der Waals surface area (Å²) in [5, 5.41) is 16.6. The summed E-state index contributed by atoms with van der Waals surface area (Å²) >= 11 is 7.43. The standard InChI is InChI=1S/C22H26ClF3N2O2S2/c1-11(2)10-31-18-9-15(13(4)27-5)20(29)19(12(18)3)21(30)28-17-7-6-14(8-16(17)23)32-22(24,25)26/h6-9,11,13,27,29H,10H2,1-5H3,(H,28,30). The van der Waals surface area contributed by atoms with Crippen LogP contribution in [0.1, 0.15) is 48.3 Å². The fourth-order valence-electron chi connectivity index (χ4n) is 2.91. The number of alkyl halides is 3. The maximum atomic E-state index is 13.1. The summed E-state index contributed by atoms with van der Waals surface area (Å²) in [4.78, 5) is 13.9. The molecule has 0 bridgehead atoms. The summed E-state index contributed by atoms with van der Waals surface area (Å²) in [6, 6.07) is 5.37. The van der Waals surface area contributed by atoms with Crippen LogP contribution in [-0.4, -0.2) is 29.3 Å². The smallest absolute Gasteiger partial charge is 0.446 e. The molecule has 0 aromatic heterocycles. The summed E-state index contributed by atoms with van der Waals surface area (Å²) in [6.45, 7) is 7.82. The zero-order chi connectivity index (χ0) is 24.2. The van der Waals surface area contributed by atoms with Gasteiger partial charge in [0, 0.05) is 27.1 Å². The average molecular weight is 507 g/mol. The second-order valence-corrected chi connectivity index (χ2v) is 10.3. The molecule has 0 aliphatic rings. The SMILES string of the molecule is CNC(C)c1cc(SCC(C)C)c(C)c(C(=O)Nc2ccc(SC(F)(F)F)cc2Cl)c1O. The molecule has 2 rings (SSSR count). The Labute approximate surface area is 199 Å². The van der Waals surface area contributed by atoms with Crippen molar-refractivity contribution < 1.29 is 23.1 Å². The minimum atomic E-state index is -4.44. The number of nitrogens with one attached hydrogen (secondary N) is 2. The van der Waals surface area contributed by atoms with Gasteiger partial charge in [-0.25, -0.2) is 0 Å². The maximum absolute atomic E-state index is 13.1. The number of phenolic OH excluding ortho intramolecular Hbond substituents is 1. The van der Waals surface area contributed by atoms with E-state index in [2.05, 4.69) is 24.5 Å². The number of carbonyl (C=O) groups is 1. The first-order chi connectivity index (χ1) is 14.8. The number of hydrogen-bond donors (Lipinski definition) is 3. The van der Waals surface area contributed by atoms with Gasteiger partial charge in [-0.1, -0.05) is 25.4 Å². The lowest BCUT2D eigenvalue weighted by Crippen LogP contribution is -2.18. The van der Waals surface area contributed by atoms with Crippen LogP contribution in [0.2, 0.25) is 5.02 Å². The molecule has 0 saturated heterocycles. The summed E-state index contributed by atoms with van der Waals surface area (Å²) in [5.41, 5.74) is -2.97. The number of carbonyl (C=O) groups excluding carboxylic acids is 1. The van der Waals surface area contributed by atoms with Gasteiger partial charge < -0.3 is 15.7 Å². The molecule has 1 atom stereocenters. The van der Waals surface area contributed by atoms with Gasteiger partial charge in [0.05, 0.1) is 16.3 Å². The van der Waals surface area contributed by atoms with E-state index < -0.39 is 11.4 Å². The van der Waals surface area contributed by atoms with E-state index in [0.29, 0.717) is 17.0 Å². The highest BCUT2D eigenvalue weighted by atomic mass is 35.5. The Balaban J connectivity index is 2.43. The van der Waals surface area contributed by atoms with Crippen molar-refractivity contribution in [2.45, 2.75) is 49.0 Å². The molecule has 3 N–H and O–H groups in total. The van der Waals surface area contributed by atoms with Crippen LogP contribution in [-0.2, 0) is 0 Å². The van der Waals surface area contributed by atoms with Crippen LogP contribution < -0.4 is 10.6 Å². The van der Waals surface area contributed by atoms with Gasteiger partial charge in [-0.3, -0.25) is 4.79 Å². The van der Waals surface area contributed by atoms with E-state index in [1.165, 1.54) is 12.1 Å². The molecule has 176 valence electrons. The van der Waals surface area contributed by atoms with Crippen LogP contribution in [0.5, 0.6) is 5.75 Å². The quantitative estimate of drug-likeness (QED) is 0.329. The van der Waals surface area contributed by atoms with Crippen molar-refractivity contribution in [3.05, 3.63) is 46.0 Å². The monoisotopic (exact) mass is 506 g/mol. The number of thioether (sulfide) groups is 2. The Hall–Kier alpha value is -1.55. The van der Waals surface area contributed by atoms with Crippen molar-refractivity contribution in [1.82, 2.24) is 5.32 Å². The van der Waals surface area contributed by atoms with Gasteiger partial charge in [0.1, 0.15) is 5.75 Å². The number of benzene rings is 2. The number of hydrogen-bond acceptors (Lipinski definition) is 5. The molecule has 0 radical (unpaired) electrons. The van der Waals surface area contributed by atoms with Crippen molar-refractivity contribution in [2.24, 2.45) is 5.92 Å². The molecule has 0 saturated carbocycles. The molecule has 0 spiro atoms. The van der Waals surface area contributed by atoms with Crippen LogP contribution in [0.25, 0.3) is 0 Å². The molecule has 0 aliphatic heterocycles. The average Bonchev–Trinajstić information content (AvgIpc) is 2.67. The van der Waals surface area contributed by atoms with E-state index >= 15 is 0 Å². The van der Waals surface area contributed by atoms with Crippen molar-refractivity contribution in [3.63, 3.8) is 0 Å². The van der Waals surface area contributed by atoms with Crippen LogP contribution >= 0.6 is 35.1 Å². The first kappa shape index (κ1) is 26.7. The second kappa shape index (κ2) is 11.0. The normalized spacial score (nSPS) is 12.8. The van der Waals surface area contributed by atoms with Crippen molar-refractivity contribution in [3.8, 4) is 5.75 Å². The molecule has 32 heavy (non-hydrogen) atoms. The molecular weight excluding hydrogens is 481 g/mol. The fourth-order valence-corrected chi connectivity index (χ4v) is 4.83. The number of aromatic hydroxyl groups is 1.